The fraction of sp³-hybridized carbons (Fsp3) is 0.267. The summed E-state index contributed by atoms with van der Waals surface area (Å²) in [5.74, 6) is 1.22. The molecule has 0 fully saturated rings. The first kappa shape index (κ1) is 14.5. The summed E-state index contributed by atoms with van der Waals surface area (Å²) in [6, 6.07) is 3.48. The summed E-state index contributed by atoms with van der Waals surface area (Å²) in [4.78, 5) is 25.0. The lowest BCUT2D eigenvalue weighted by Crippen LogP contribution is -2.29. The minimum atomic E-state index is -0.199. The van der Waals surface area contributed by atoms with E-state index in [4.69, 9.17) is 4.42 Å². The van der Waals surface area contributed by atoms with Gasteiger partial charge in [0.05, 0.1) is 12.3 Å². The predicted octanol–water partition coefficient (Wildman–Crippen LogP) is 3.32. The number of nitrogens with zero attached hydrogens (tertiary/aromatic N) is 2. The van der Waals surface area contributed by atoms with Crippen LogP contribution in [-0.2, 0) is 0 Å². The van der Waals surface area contributed by atoms with Gasteiger partial charge in [-0.25, -0.2) is 9.97 Å². The summed E-state index contributed by atoms with van der Waals surface area (Å²) in [5.41, 5.74) is 0.432. The predicted molar refractivity (Wildman–Crippen MR) is 83.6 cm³/mol. The summed E-state index contributed by atoms with van der Waals surface area (Å²) in [6.07, 6.45) is 5.75. The number of imidazole rings is 1. The van der Waals surface area contributed by atoms with E-state index in [1.165, 1.54) is 11.3 Å². The zero-order valence-electron chi connectivity index (χ0n) is 12.3. The van der Waals surface area contributed by atoms with Crippen molar-refractivity contribution in [2.24, 2.45) is 0 Å². The molecule has 0 saturated carbocycles. The number of carbonyl (C=O) groups is 1. The molecular weight excluding hydrogens is 300 g/mol. The van der Waals surface area contributed by atoms with Crippen LogP contribution in [0.3, 0.4) is 0 Å². The van der Waals surface area contributed by atoms with E-state index in [-0.39, 0.29) is 11.9 Å². The summed E-state index contributed by atoms with van der Waals surface area (Å²) < 4.78 is 5.33. The second-order valence-electron chi connectivity index (χ2n) is 4.81. The highest BCUT2D eigenvalue weighted by atomic mass is 32.1. The van der Waals surface area contributed by atoms with Gasteiger partial charge in [-0.2, -0.15) is 0 Å². The minimum Gasteiger partial charge on any atom is -0.462 e. The number of thiazole rings is 1. The third-order valence-corrected chi connectivity index (χ3v) is 4.29. The molecule has 0 unspecified atom stereocenters. The molecule has 1 amide bonds. The molecule has 0 radical (unpaired) electrons. The summed E-state index contributed by atoms with van der Waals surface area (Å²) in [6.45, 7) is 3.88. The number of aryl methyl sites for hydroxylation is 1. The maximum Gasteiger partial charge on any atom is 0.271 e. The van der Waals surface area contributed by atoms with Crippen LogP contribution in [0.4, 0.5) is 0 Å². The van der Waals surface area contributed by atoms with Crippen LogP contribution in [0.1, 0.15) is 40.6 Å². The van der Waals surface area contributed by atoms with Crippen LogP contribution in [0.15, 0.2) is 35.2 Å². The Kier molecular flexibility index (Phi) is 4.06. The number of hydrogen-bond donors (Lipinski definition) is 2. The van der Waals surface area contributed by atoms with Crippen molar-refractivity contribution in [2.45, 2.75) is 26.3 Å². The molecule has 0 bridgehead atoms. The second-order valence-corrected chi connectivity index (χ2v) is 6.01. The highest BCUT2D eigenvalue weighted by Crippen LogP contribution is 2.28. The molecule has 2 N–H and O–H groups in total. The molecule has 0 saturated heterocycles. The fourth-order valence-electron chi connectivity index (χ4n) is 2.17. The van der Waals surface area contributed by atoms with Gasteiger partial charge in [-0.1, -0.05) is 6.92 Å². The summed E-state index contributed by atoms with van der Waals surface area (Å²) in [7, 11) is 0. The van der Waals surface area contributed by atoms with Crippen molar-refractivity contribution in [3.8, 4) is 10.8 Å². The Morgan fingerprint density at radius 2 is 2.41 bits per heavy atom. The summed E-state index contributed by atoms with van der Waals surface area (Å²) in [5, 5.41) is 3.67. The molecule has 0 aliphatic heterocycles. The van der Waals surface area contributed by atoms with Crippen LogP contribution in [0, 0.1) is 6.92 Å². The molecule has 3 aromatic heterocycles. The molecule has 3 heterocycles. The van der Waals surface area contributed by atoms with E-state index in [0.717, 1.165) is 17.1 Å². The fourth-order valence-corrected chi connectivity index (χ4v) is 3.05. The normalized spacial score (nSPS) is 12.3. The number of amides is 1. The van der Waals surface area contributed by atoms with E-state index in [1.807, 2.05) is 19.9 Å². The molecule has 22 heavy (non-hydrogen) atoms. The van der Waals surface area contributed by atoms with Crippen molar-refractivity contribution < 1.29 is 9.21 Å². The zero-order valence-corrected chi connectivity index (χ0v) is 13.1. The average molecular weight is 316 g/mol. The van der Waals surface area contributed by atoms with Crippen LogP contribution in [0.2, 0.25) is 0 Å². The average Bonchev–Trinajstić information content (AvgIpc) is 3.24. The van der Waals surface area contributed by atoms with Gasteiger partial charge in [0, 0.05) is 17.3 Å². The minimum absolute atomic E-state index is 0.157. The second kappa shape index (κ2) is 6.15. The molecule has 6 nitrogen and oxygen atoms in total. The van der Waals surface area contributed by atoms with E-state index in [9.17, 15) is 4.79 Å². The maximum atomic E-state index is 12.5. The summed E-state index contributed by atoms with van der Waals surface area (Å²) >= 11 is 1.44. The largest absolute Gasteiger partial charge is 0.462 e. The number of aromatic nitrogens is 3. The van der Waals surface area contributed by atoms with Gasteiger partial charge in [0.1, 0.15) is 11.5 Å². The van der Waals surface area contributed by atoms with Gasteiger partial charge >= 0.3 is 0 Å². The van der Waals surface area contributed by atoms with Crippen LogP contribution < -0.4 is 5.32 Å². The Bertz CT molecular complexity index is 747. The third kappa shape index (κ3) is 2.80. The van der Waals surface area contributed by atoms with E-state index in [2.05, 4.69) is 20.3 Å². The van der Waals surface area contributed by atoms with Crippen LogP contribution in [0.25, 0.3) is 10.8 Å². The SMILES string of the molecule is CC[C@@H](NC(=O)c1nc(-c2ccco2)sc1C)c1ncc[nH]1. The lowest BCUT2D eigenvalue weighted by molar-refractivity contribution is 0.0929. The van der Waals surface area contributed by atoms with Crippen molar-refractivity contribution in [2.75, 3.05) is 0 Å². The van der Waals surface area contributed by atoms with Gasteiger partial charge in [0.2, 0.25) is 0 Å². The Morgan fingerprint density at radius 3 is 3.05 bits per heavy atom. The number of aromatic amines is 1. The highest BCUT2D eigenvalue weighted by molar-refractivity contribution is 7.15. The van der Waals surface area contributed by atoms with E-state index in [0.29, 0.717) is 16.5 Å². The van der Waals surface area contributed by atoms with E-state index < -0.39 is 0 Å². The number of nitrogens with one attached hydrogen (secondary N) is 2. The number of carbonyl (C=O) groups excluding carboxylic acids is 1. The van der Waals surface area contributed by atoms with Gasteiger partial charge < -0.3 is 14.7 Å². The van der Waals surface area contributed by atoms with Crippen LogP contribution in [0.5, 0.6) is 0 Å². The Balaban J connectivity index is 1.80. The van der Waals surface area contributed by atoms with E-state index in [1.54, 1.807) is 24.7 Å². The third-order valence-electron chi connectivity index (χ3n) is 3.31. The van der Waals surface area contributed by atoms with Gasteiger partial charge in [-0.3, -0.25) is 4.79 Å². The first-order chi connectivity index (χ1) is 10.7. The molecular formula is C15H16N4O2S. The topological polar surface area (TPSA) is 83.8 Å². The molecule has 3 rings (SSSR count). The first-order valence-corrected chi connectivity index (χ1v) is 7.82. The molecule has 114 valence electrons. The first-order valence-electron chi connectivity index (χ1n) is 7.00. The smallest absolute Gasteiger partial charge is 0.271 e. The Hall–Kier alpha value is -2.41. The molecule has 0 aliphatic carbocycles. The van der Waals surface area contributed by atoms with Gasteiger partial charge in [-0.15, -0.1) is 11.3 Å². The standard InChI is InChI=1S/C15H16N4O2S/c1-3-10(13-16-6-7-17-13)18-14(20)12-9(2)22-15(19-12)11-5-4-8-21-11/h4-8,10H,3H2,1-2H3,(H,16,17)(H,18,20)/t10-/m1/s1. The monoisotopic (exact) mass is 316 g/mol. The molecule has 0 aromatic carbocycles. The van der Waals surface area contributed by atoms with Gasteiger partial charge in [0.25, 0.3) is 5.91 Å². The number of H-pyrrole nitrogens is 1. The van der Waals surface area contributed by atoms with Gasteiger partial charge in [0.15, 0.2) is 10.8 Å². The van der Waals surface area contributed by atoms with Crippen molar-refractivity contribution in [3.05, 3.63) is 47.2 Å². The Labute approximate surface area is 131 Å². The Morgan fingerprint density at radius 1 is 1.55 bits per heavy atom. The van der Waals surface area contributed by atoms with Crippen LogP contribution in [-0.4, -0.2) is 20.9 Å². The molecule has 7 heteroatoms. The van der Waals surface area contributed by atoms with Crippen molar-refractivity contribution in [3.63, 3.8) is 0 Å². The lowest BCUT2D eigenvalue weighted by Gasteiger charge is -2.13. The molecule has 0 spiro atoms. The lowest BCUT2D eigenvalue weighted by atomic mass is 10.2. The maximum absolute atomic E-state index is 12.5. The van der Waals surface area contributed by atoms with Crippen molar-refractivity contribution in [1.29, 1.82) is 0 Å². The van der Waals surface area contributed by atoms with Gasteiger partial charge in [-0.05, 0) is 25.5 Å². The molecule has 1 atom stereocenters. The van der Waals surface area contributed by atoms with E-state index >= 15 is 0 Å². The quantitative estimate of drug-likeness (QED) is 0.756. The van der Waals surface area contributed by atoms with Crippen molar-refractivity contribution >= 4 is 17.2 Å². The zero-order chi connectivity index (χ0) is 15.5. The number of furan rings is 1. The van der Waals surface area contributed by atoms with Crippen molar-refractivity contribution in [1.82, 2.24) is 20.3 Å². The molecule has 3 aromatic rings. The molecule has 0 aliphatic rings. The number of hydrogen-bond acceptors (Lipinski definition) is 5. The van der Waals surface area contributed by atoms with Crippen LogP contribution >= 0.6 is 11.3 Å². The highest BCUT2D eigenvalue weighted by Gasteiger charge is 2.21. The number of rotatable bonds is 5.